The second-order valence-corrected chi connectivity index (χ2v) is 9.69. The molecule has 2 amide bonds. The molecule has 35 heavy (non-hydrogen) atoms. The van der Waals surface area contributed by atoms with Crippen LogP contribution in [0.15, 0.2) is 47.3 Å². The molecule has 10 nitrogen and oxygen atoms in total. The predicted octanol–water partition coefficient (Wildman–Crippen LogP) is 2.96. The number of carbonyl (C=O) groups excluding carboxylic acids is 2. The Labute approximate surface area is 208 Å². The Balaban J connectivity index is 1.33. The van der Waals surface area contributed by atoms with E-state index in [0.717, 1.165) is 17.3 Å². The van der Waals surface area contributed by atoms with E-state index >= 15 is 0 Å². The summed E-state index contributed by atoms with van der Waals surface area (Å²) in [5.41, 5.74) is 7.56. The summed E-state index contributed by atoms with van der Waals surface area (Å²) >= 11 is 3.32. The van der Waals surface area contributed by atoms with Crippen molar-refractivity contribution in [1.82, 2.24) is 24.4 Å². The van der Waals surface area contributed by atoms with Crippen molar-refractivity contribution in [3.63, 3.8) is 0 Å². The van der Waals surface area contributed by atoms with Gasteiger partial charge in [0.25, 0.3) is 0 Å². The number of nitrogens with zero attached hydrogens (tertiary/aromatic N) is 5. The van der Waals surface area contributed by atoms with Crippen molar-refractivity contribution >= 4 is 61.3 Å². The molecule has 0 radical (unpaired) electrons. The number of likely N-dealkylation sites (tertiary alicyclic amines) is 1. The Morgan fingerprint density at radius 2 is 2.09 bits per heavy atom. The number of halogens is 1. The molecule has 3 atom stereocenters. The minimum absolute atomic E-state index is 0.0327. The summed E-state index contributed by atoms with van der Waals surface area (Å²) in [6.07, 6.45) is 2.96. The van der Waals surface area contributed by atoms with Crippen molar-refractivity contribution < 1.29 is 14.3 Å². The maximum atomic E-state index is 13.7. The summed E-state index contributed by atoms with van der Waals surface area (Å²) in [5.74, 6) is 1.44. The minimum Gasteiger partial charge on any atom is -0.497 e. The van der Waals surface area contributed by atoms with Gasteiger partial charge in [0, 0.05) is 11.4 Å². The first-order valence-corrected chi connectivity index (χ1v) is 12.0. The fourth-order valence-electron chi connectivity index (χ4n) is 5.16. The zero-order valence-electron chi connectivity index (χ0n) is 18.8. The van der Waals surface area contributed by atoms with E-state index in [4.69, 9.17) is 10.5 Å². The lowest BCUT2D eigenvalue weighted by Gasteiger charge is -2.27. The summed E-state index contributed by atoms with van der Waals surface area (Å²) in [7, 11) is 1.60. The minimum atomic E-state index is -0.542. The number of piperidine rings is 1. The number of amides is 2. The fourth-order valence-corrected chi connectivity index (χ4v) is 5.50. The largest absolute Gasteiger partial charge is 0.497 e. The smallest absolute Gasteiger partial charge is 0.248 e. The van der Waals surface area contributed by atoms with Crippen molar-refractivity contribution in [2.75, 3.05) is 18.2 Å². The van der Waals surface area contributed by atoms with Gasteiger partial charge in [0.1, 0.15) is 46.5 Å². The van der Waals surface area contributed by atoms with Crippen LogP contribution in [-0.2, 0) is 16.1 Å². The lowest BCUT2D eigenvalue weighted by molar-refractivity contribution is -0.138. The number of aromatic nitrogens is 4. The summed E-state index contributed by atoms with van der Waals surface area (Å²) < 4.78 is 7.85. The van der Waals surface area contributed by atoms with E-state index in [-0.39, 0.29) is 24.4 Å². The molecule has 0 bridgehead atoms. The van der Waals surface area contributed by atoms with Gasteiger partial charge in [-0.05, 0) is 65.0 Å². The van der Waals surface area contributed by atoms with Crippen LogP contribution in [0.4, 0.5) is 11.6 Å². The first-order valence-electron chi connectivity index (χ1n) is 11.3. The first kappa shape index (κ1) is 21.8. The van der Waals surface area contributed by atoms with Gasteiger partial charge in [-0.15, -0.1) is 0 Å². The molecule has 3 N–H and O–H groups in total. The number of nitrogen functional groups attached to an aromatic ring is 1. The molecule has 1 aromatic carbocycles. The molecular weight excluding hydrogens is 514 g/mol. The van der Waals surface area contributed by atoms with Gasteiger partial charge in [-0.1, -0.05) is 6.07 Å². The molecule has 4 heterocycles. The molecule has 4 aromatic rings. The molecule has 178 valence electrons. The number of carbonyl (C=O) groups is 2. The standard InChI is InChI=1S/C24H22BrN7O3/c1-35-13-5-6-15-14(9-13)21-22(26)27-11-28-23(21)31(15)10-20(33)32-16-7-12(16)8-17(32)24(34)30-19-4-2-3-18(25)29-19/h2-6,9,11-12,16-17H,7-8,10H2,1H3,(H2,26,27,28)(H,29,30,34)/t12-,16?,17?/m1/s1. The number of nitrogens with one attached hydrogen (secondary N) is 1. The molecule has 1 aliphatic heterocycles. The van der Waals surface area contributed by atoms with Gasteiger partial charge in [-0.25, -0.2) is 15.0 Å². The Morgan fingerprint density at radius 3 is 2.89 bits per heavy atom. The Hall–Kier alpha value is -3.73. The van der Waals surface area contributed by atoms with Gasteiger partial charge < -0.3 is 25.3 Å². The second kappa shape index (κ2) is 8.19. The van der Waals surface area contributed by atoms with E-state index in [2.05, 4.69) is 36.2 Å². The average molecular weight is 536 g/mol. The number of rotatable bonds is 5. The van der Waals surface area contributed by atoms with E-state index in [9.17, 15) is 9.59 Å². The summed E-state index contributed by atoms with van der Waals surface area (Å²) in [6, 6.07) is 10.4. The monoisotopic (exact) mass is 535 g/mol. The number of nitrogens with two attached hydrogens (primary N) is 1. The number of fused-ring (bicyclic) bond motifs is 4. The van der Waals surface area contributed by atoms with Crippen LogP contribution in [0.1, 0.15) is 12.8 Å². The maximum absolute atomic E-state index is 13.7. The van der Waals surface area contributed by atoms with Crippen molar-refractivity contribution in [2.24, 2.45) is 5.92 Å². The number of hydrogen-bond acceptors (Lipinski definition) is 7. The molecule has 3 aromatic heterocycles. The summed E-state index contributed by atoms with van der Waals surface area (Å²) in [6.45, 7) is 0.0327. The highest BCUT2D eigenvalue weighted by Gasteiger charge is 2.56. The van der Waals surface area contributed by atoms with Gasteiger partial charge in [0.2, 0.25) is 11.8 Å². The predicted molar refractivity (Wildman–Crippen MR) is 134 cm³/mol. The van der Waals surface area contributed by atoms with Gasteiger partial charge in [-0.3, -0.25) is 9.59 Å². The van der Waals surface area contributed by atoms with Crippen LogP contribution < -0.4 is 15.8 Å². The second-order valence-electron chi connectivity index (χ2n) is 8.88. The molecule has 1 saturated heterocycles. The van der Waals surface area contributed by atoms with Gasteiger partial charge >= 0.3 is 0 Å². The number of methoxy groups -OCH3 is 1. The highest BCUT2D eigenvalue weighted by Crippen LogP contribution is 2.48. The van der Waals surface area contributed by atoms with Crippen LogP contribution in [0.25, 0.3) is 21.9 Å². The normalized spacial score (nSPS) is 20.7. The van der Waals surface area contributed by atoms with Crippen LogP contribution in [-0.4, -0.2) is 55.4 Å². The molecular formula is C24H22BrN7O3. The number of benzene rings is 1. The molecule has 2 unspecified atom stereocenters. The lowest BCUT2D eigenvalue weighted by Crippen LogP contribution is -2.46. The van der Waals surface area contributed by atoms with Crippen LogP contribution in [0.5, 0.6) is 5.75 Å². The van der Waals surface area contributed by atoms with E-state index in [1.807, 2.05) is 22.8 Å². The zero-order valence-corrected chi connectivity index (χ0v) is 20.4. The van der Waals surface area contributed by atoms with Gasteiger partial charge in [-0.2, -0.15) is 0 Å². The number of pyridine rings is 1. The topological polar surface area (TPSA) is 128 Å². The van der Waals surface area contributed by atoms with Crippen molar-refractivity contribution in [3.8, 4) is 5.75 Å². The third-order valence-corrected chi connectivity index (χ3v) is 7.27. The van der Waals surface area contributed by atoms with E-state index in [1.165, 1.54) is 6.33 Å². The van der Waals surface area contributed by atoms with E-state index in [1.54, 1.807) is 30.2 Å². The highest BCUT2D eigenvalue weighted by atomic mass is 79.9. The van der Waals surface area contributed by atoms with Crippen molar-refractivity contribution in [1.29, 1.82) is 0 Å². The van der Waals surface area contributed by atoms with Crippen LogP contribution >= 0.6 is 15.9 Å². The van der Waals surface area contributed by atoms with Gasteiger partial charge in [0.15, 0.2) is 0 Å². The summed E-state index contributed by atoms with van der Waals surface area (Å²) in [4.78, 5) is 41.4. The van der Waals surface area contributed by atoms with E-state index in [0.29, 0.717) is 45.4 Å². The Morgan fingerprint density at radius 1 is 1.23 bits per heavy atom. The third kappa shape index (κ3) is 3.66. The SMILES string of the molecule is COc1ccc2c(c1)c1c(N)ncnc1n2CC(=O)N1C(C(=O)Nc2cccc(Br)n2)C[C@H]2CC21. The lowest BCUT2D eigenvalue weighted by atomic mass is 10.1. The van der Waals surface area contributed by atoms with Crippen molar-refractivity contribution in [2.45, 2.75) is 31.5 Å². The van der Waals surface area contributed by atoms with Crippen LogP contribution in [0, 0.1) is 5.92 Å². The molecule has 2 aliphatic rings. The maximum Gasteiger partial charge on any atom is 0.248 e. The number of anilines is 2. The zero-order chi connectivity index (χ0) is 24.3. The van der Waals surface area contributed by atoms with E-state index < -0.39 is 6.04 Å². The highest BCUT2D eigenvalue weighted by molar-refractivity contribution is 9.10. The molecule has 1 aliphatic carbocycles. The fraction of sp³-hybridized carbons (Fsp3) is 0.292. The van der Waals surface area contributed by atoms with Crippen molar-refractivity contribution in [3.05, 3.63) is 47.3 Å². The molecule has 6 rings (SSSR count). The number of ether oxygens (including phenoxy) is 1. The average Bonchev–Trinajstić information content (AvgIpc) is 3.39. The molecule has 1 saturated carbocycles. The summed E-state index contributed by atoms with van der Waals surface area (Å²) in [5, 5.41) is 4.34. The number of hydrogen-bond donors (Lipinski definition) is 2. The Kier molecular flexibility index (Phi) is 5.10. The van der Waals surface area contributed by atoms with Crippen LogP contribution in [0.3, 0.4) is 0 Å². The quantitative estimate of drug-likeness (QED) is 0.376. The van der Waals surface area contributed by atoms with Crippen LogP contribution in [0.2, 0.25) is 0 Å². The Bertz CT molecular complexity index is 1500. The third-order valence-electron chi connectivity index (χ3n) is 6.83. The molecule has 11 heteroatoms. The molecule has 0 spiro atoms. The van der Waals surface area contributed by atoms with Gasteiger partial charge in [0.05, 0.1) is 18.0 Å². The first-order chi connectivity index (χ1) is 16.9. The molecule has 2 fully saturated rings.